The first-order valence-corrected chi connectivity index (χ1v) is 8.93. The topological polar surface area (TPSA) is 38.1 Å². The summed E-state index contributed by atoms with van der Waals surface area (Å²) < 4.78 is 5.65. The molecule has 0 saturated carbocycles. The Morgan fingerprint density at radius 1 is 0.962 bits per heavy atom. The molecule has 0 bridgehead atoms. The van der Waals surface area contributed by atoms with Gasteiger partial charge in [0.15, 0.2) is 0 Å². The van der Waals surface area contributed by atoms with Crippen LogP contribution < -0.4 is 5.32 Å². The molecule has 1 unspecified atom stereocenters. The van der Waals surface area contributed by atoms with Gasteiger partial charge in [0, 0.05) is 18.2 Å². The van der Waals surface area contributed by atoms with E-state index in [1.165, 1.54) is 21.9 Å². The Kier molecular flexibility index (Phi) is 4.55. The zero-order valence-electron chi connectivity index (χ0n) is 15.1. The quantitative estimate of drug-likeness (QED) is 0.509. The van der Waals surface area contributed by atoms with E-state index in [1.54, 1.807) is 6.26 Å². The van der Waals surface area contributed by atoms with E-state index < -0.39 is 0 Å². The van der Waals surface area contributed by atoms with Crippen molar-refractivity contribution >= 4 is 10.8 Å². The summed E-state index contributed by atoms with van der Waals surface area (Å²) in [7, 11) is 0. The average Bonchev–Trinajstić information content (AvgIpc) is 3.15. The van der Waals surface area contributed by atoms with Crippen molar-refractivity contribution in [1.82, 2.24) is 10.3 Å². The van der Waals surface area contributed by atoms with Crippen LogP contribution in [0.5, 0.6) is 0 Å². The van der Waals surface area contributed by atoms with E-state index in [9.17, 15) is 0 Å². The largest absolute Gasteiger partial charge is 0.444 e. The lowest BCUT2D eigenvalue weighted by molar-refractivity contribution is 0.555. The third kappa shape index (κ3) is 3.39. The second-order valence-corrected chi connectivity index (χ2v) is 6.68. The molecule has 1 aromatic heterocycles. The molecular formula is C23H22N2O. The Balaban J connectivity index is 1.48. The second kappa shape index (κ2) is 7.14. The fourth-order valence-corrected chi connectivity index (χ4v) is 3.21. The number of fused-ring (bicyclic) bond motifs is 1. The molecule has 0 aliphatic rings. The molecule has 130 valence electrons. The number of rotatable bonds is 5. The number of hydrogen-bond acceptors (Lipinski definition) is 3. The van der Waals surface area contributed by atoms with E-state index in [-0.39, 0.29) is 6.04 Å². The molecule has 3 nitrogen and oxygen atoms in total. The van der Waals surface area contributed by atoms with Crippen LogP contribution in [-0.4, -0.2) is 4.98 Å². The molecule has 26 heavy (non-hydrogen) atoms. The lowest BCUT2D eigenvalue weighted by atomic mass is 10.00. The highest BCUT2D eigenvalue weighted by Crippen LogP contribution is 2.24. The molecular weight excluding hydrogens is 320 g/mol. The van der Waals surface area contributed by atoms with Crippen LogP contribution in [0.2, 0.25) is 0 Å². The minimum absolute atomic E-state index is 0.223. The molecule has 0 fully saturated rings. The first-order valence-electron chi connectivity index (χ1n) is 8.93. The van der Waals surface area contributed by atoms with Crippen LogP contribution in [-0.2, 0) is 6.54 Å². The number of hydrogen-bond donors (Lipinski definition) is 1. The van der Waals surface area contributed by atoms with Gasteiger partial charge in [-0.3, -0.25) is 0 Å². The minimum Gasteiger partial charge on any atom is -0.444 e. The van der Waals surface area contributed by atoms with Crippen LogP contribution in [0.15, 0.2) is 77.4 Å². The molecule has 0 saturated heterocycles. The Labute approximate surface area is 153 Å². The van der Waals surface area contributed by atoms with Gasteiger partial charge in [-0.25, -0.2) is 4.98 Å². The van der Waals surface area contributed by atoms with Gasteiger partial charge in [0.1, 0.15) is 6.26 Å². The van der Waals surface area contributed by atoms with Crippen molar-refractivity contribution in [2.75, 3.05) is 0 Å². The first kappa shape index (κ1) is 16.6. The Hall–Kier alpha value is -2.91. The highest BCUT2D eigenvalue weighted by molar-refractivity contribution is 5.86. The van der Waals surface area contributed by atoms with Crippen LogP contribution in [0.3, 0.4) is 0 Å². The minimum atomic E-state index is 0.223. The van der Waals surface area contributed by atoms with Crippen LogP contribution >= 0.6 is 0 Å². The van der Waals surface area contributed by atoms with Crippen molar-refractivity contribution in [2.24, 2.45) is 0 Å². The molecule has 0 spiro atoms. The molecule has 1 heterocycles. The van der Waals surface area contributed by atoms with Crippen molar-refractivity contribution < 1.29 is 4.42 Å². The molecule has 0 radical (unpaired) electrons. The summed E-state index contributed by atoms with van der Waals surface area (Å²) in [6, 6.07) is 23.4. The van der Waals surface area contributed by atoms with Gasteiger partial charge in [-0.15, -0.1) is 0 Å². The normalized spacial score (nSPS) is 12.4. The molecule has 1 atom stereocenters. The van der Waals surface area contributed by atoms with Gasteiger partial charge >= 0.3 is 0 Å². The predicted molar refractivity (Wildman–Crippen MR) is 106 cm³/mol. The summed E-state index contributed by atoms with van der Waals surface area (Å²) in [5.41, 5.74) is 4.44. The standard InChI is InChI=1S/C23H22N2O/c1-16-10-12-19(13-11-16)23-25-20(15-26-23)14-24-17(2)21-9-5-7-18-6-3-4-8-22(18)21/h3-13,15,17,24H,14H2,1-2H3. The third-order valence-corrected chi connectivity index (χ3v) is 4.73. The average molecular weight is 342 g/mol. The maximum atomic E-state index is 5.65. The van der Waals surface area contributed by atoms with Crippen LogP contribution in [0.1, 0.15) is 29.8 Å². The van der Waals surface area contributed by atoms with Gasteiger partial charge in [0.2, 0.25) is 5.89 Å². The van der Waals surface area contributed by atoms with E-state index >= 15 is 0 Å². The lowest BCUT2D eigenvalue weighted by Gasteiger charge is -2.15. The summed E-state index contributed by atoms with van der Waals surface area (Å²) in [5.74, 6) is 0.666. The highest BCUT2D eigenvalue weighted by Gasteiger charge is 2.11. The molecule has 3 heteroatoms. The molecule has 0 amide bonds. The summed E-state index contributed by atoms with van der Waals surface area (Å²) in [5, 5.41) is 6.11. The monoisotopic (exact) mass is 342 g/mol. The van der Waals surface area contributed by atoms with Crippen molar-refractivity contribution in [3.63, 3.8) is 0 Å². The number of benzene rings is 3. The third-order valence-electron chi connectivity index (χ3n) is 4.73. The zero-order valence-corrected chi connectivity index (χ0v) is 15.1. The summed E-state index contributed by atoms with van der Waals surface area (Å²) >= 11 is 0. The van der Waals surface area contributed by atoms with E-state index in [2.05, 4.69) is 78.7 Å². The smallest absolute Gasteiger partial charge is 0.226 e. The number of aromatic nitrogens is 1. The Morgan fingerprint density at radius 3 is 2.58 bits per heavy atom. The zero-order chi connectivity index (χ0) is 17.9. The molecule has 4 rings (SSSR count). The van der Waals surface area contributed by atoms with E-state index in [4.69, 9.17) is 4.42 Å². The SMILES string of the molecule is Cc1ccc(-c2nc(CNC(C)c3cccc4ccccc34)co2)cc1. The van der Waals surface area contributed by atoms with E-state index in [0.29, 0.717) is 12.4 Å². The highest BCUT2D eigenvalue weighted by atomic mass is 16.3. The maximum absolute atomic E-state index is 5.65. The molecule has 1 N–H and O–H groups in total. The first-order chi connectivity index (χ1) is 12.7. The van der Waals surface area contributed by atoms with Crippen LogP contribution in [0, 0.1) is 6.92 Å². The Bertz CT molecular complexity index is 1010. The fraction of sp³-hybridized carbons (Fsp3) is 0.174. The molecule has 3 aromatic carbocycles. The van der Waals surface area contributed by atoms with E-state index in [1.807, 2.05) is 12.1 Å². The van der Waals surface area contributed by atoms with Crippen molar-refractivity contribution in [3.05, 3.63) is 89.8 Å². The van der Waals surface area contributed by atoms with Gasteiger partial charge in [0.25, 0.3) is 0 Å². The van der Waals surface area contributed by atoms with Crippen LogP contribution in [0.25, 0.3) is 22.2 Å². The van der Waals surface area contributed by atoms with Crippen LogP contribution in [0.4, 0.5) is 0 Å². The van der Waals surface area contributed by atoms with Crippen molar-refractivity contribution in [2.45, 2.75) is 26.4 Å². The number of oxazole rings is 1. The van der Waals surface area contributed by atoms with Crippen molar-refractivity contribution in [1.29, 1.82) is 0 Å². The summed E-state index contributed by atoms with van der Waals surface area (Å²) in [6.45, 7) is 4.92. The van der Waals surface area contributed by atoms with Crippen molar-refractivity contribution in [3.8, 4) is 11.5 Å². The second-order valence-electron chi connectivity index (χ2n) is 6.68. The molecule has 0 aliphatic heterocycles. The van der Waals surface area contributed by atoms with Gasteiger partial charge in [-0.1, -0.05) is 60.2 Å². The van der Waals surface area contributed by atoms with Gasteiger partial charge in [0.05, 0.1) is 5.69 Å². The van der Waals surface area contributed by atoms with Gasteiger partial charge in [-0.2, -0.15) is 0 Å². The predicted octanol–water partition coefficient (Wildman–Crippen LogP) is 5.65. The maximum Gasteiger partial charge on any atom is 0.226 e. The number of aryl methyl sites for hydroxylation is 1. The van der Waals surface area contributed by atoms with E-state index in [0.717, 1.165) is 11.3 Å². The van der Waals surface area contributed by atoms with Gasteiger partial charge in [-0.05, 0) is 42.3 Å². The number of nitrogens with zero attached hydrogens (tertiary/aromatic N) is 1. The Morgan fingerprint density at radius 2 is 1.73 bits per heavy atom. The molecule has 4 aromatic rings. The van der Waals surface area contributed by atoms with Gasteiger partial charge < -0.3 is 9.73 Å². The summed E-state index contributed by atoms with van der Waals surface area (Å²) in [6.07, 6.45) is 1.73. The fourth-order valence-electron chi connectivity index (χ4n) is 3.21. The molecule has 0 aliphatic carbocycles. The number of nitrogens with one attached hydrogen (secondary N) is 1. The summed E-state index contributed by atoms with van der Waals surface area (Å²) in [4.78, 5) is 4.61. The lowest BCUT2D eigenvalue weighted by Crippen LogP contribution is -2.18.